The summed E-state index contributed by atoms with van der Waals surface area (Å²) in [7, 11) is -2.76. The lowest BCUT2D eigenvalue weighted by atomic mass is 10.2. The predicted octanol–water partition coefficient (Wildman–Crippen LogP) is 1.14. The van der Waals surface area contributed by atoms with E-state index < -0.39 is 9.84 Å². The van der Waals surface area contributed by atoms with Crippen LogP contribution in [0.4, 0.5) is 5.69 Å². The predicted molar refractivity (Wildman–Crippen MR) is 74.8 cm³/mol. The quantitative estimate of drug-likeness (QED) is 0.889. The van der Waals surface area contributed by atoms with Crippen LogP contribution in [0.2, 0.25) is 0 Å². The first-order valence-electron chi connectivity index (χ1n) is 6.28. The number of hydrogen-bond acceptors (Lipinski definition) is 4. The molecule has 0 aliphatic carbocycles. The molecule has 100 valence electrons. The molecule has 2 rings (SSSR count). The Labute approximate surface area is 109 Å². The molecule has 18 heavy (non-hydrogen) atoms. The first-order chi connectivity index (χ1) is 8.55. The zero-order valence-corrected chi connectivity index (χ0v) is 11.5. The summed E-state index contributed by atoms with van der Waals surface area (Å²) in [6, 6.07) is 8.29. The lowest BCUT2D eigenvalue weighted by Gasteiger charge is -2.26. The third kappa shape index (κ3) is 3.99. The highest BCUT2D eigenvalue weighted by atomic mass is 32.2. The van der Waals surface area contributed by atoms with Crippen molar-refractivity contribution in [3.63, 3.8) is 0 Å². The van der Waals surface area contributed by atoms with Crippen LogP contribution in [0, 0.1) is 6.92 Å². The van der Waals surface area contributed by atoms with Gasteiger partial charge in [-0.3, -0.25) is 4.90 Å². The highest BCUT2D eigenvalue weighted by Gasteiger charge is 2.20. The Hall–Kier alpha value is -1.07. The standard InChI is InChI=1S/C13H20N2O2S/c1-12-2-4-13(5-3-12)14-6-7-15-8-10-18(16,17)11-9-15/h2-5,14H,6-11H2,1H3. The molecule has 0 aromatic heterocycles. The Morgan fingerprint density at radius 1 is 1.17 bits per heavy atom. The molecule has 0 spiro atoms. The number of sulfone groups is 1. The van der Waals surface area contributed by atoms with Crippen molar-refractivity contribution < 1.29 is 8.42 Å². The van der Waals surface area contributed by atoms with Gasteiger partial charge in [-0.1, -0.05) is 17.7 Å². The van der Waals surface area contributed by atoms with Gasteiger partial charge in [0.1, 0.15) is 0 Å². The molecular formula is C13H20N2O2S. The molecule has 5 heteroatoms. The van der Waals surface area contributed by atoms with E-state index in [9.17, 15) is 8.42 Å². The van der Waals surface area contributed by atoms with Crippen LogP contribution in [0.5, 0.6) is 0 Å². The molecule has 1 N–H and O–H groups in total. The summed E-state index contributed by atoms with van der Waals surface area (Å²) in [5.74, 6) is 0.606. The molecule has 0 saturated carbocycles. The lowest BCUT2D eigenvalue weighted by molar-refractivity contribution is 0.307. The molecule has 1 saturated heterocycles. The van der Waals surface area contributed by atoms with Gasteiger partial charge in [0.2, 0.25) is 0 Å². The van der Waals surface area contributed by atoms with Crippen LogP contribution in [-0.4, -0.2) is 51.0 Å². The first-order valence-corrected chi connectivity index (χ1v) is 8.11. The van der Waals surface area contributed by atoms with Gasteiger partial charge in [-0.25, -0.2) is 8.42 Å². The van der Waals surface area contributed by atoms with Crippen molar-refractivity contribution in [1.29, 1.82) is 0 Å². The van der Waals surface area contributed by atoms with Crippen molar-refractivity contribution in [3.8, 4) is 0 Å². The van der Waals surface area contributed by atoms with Gasteiger partial charge in [-0.2, -0.15) is 0 Å². The Balaban J connectivity index is 1.71. The van der Waals surface area contributed by atoms with Crippen LogP contribution in [0.3, 0.4) is 0 Å². The maximum absolute atomic E-state index is 11.3. The fourth-order valence-corrected chi connectivity index (χ4v) is 3.28. The Kier molecular flexibility index (Phi) is 4.24. The van der Waals surface area contributed by atoms with Gasteiger partial charge < -0.3 is 5.32 Å². The summed E-state index contributed by atoms with van der Waals surface area (Å²) < 4.78 is 22.6. The zero-order chi connectivity index (χ0) is 13.0. The second kappa shape index (κ2) is 5.71. The van der Waals surface area contributed by atoms with E-state index in [1.807, 2.05) is 0 Å². The fraction of sp³-hybridized carbons (Fsp3) is 0.538. The van der Waals surface area contributed by atoms with E-state index >= 15 is 0 Å². The number of benzene rings is 1. The Bertz CT molecular complexity index is 468. The van der Waals surface area contributed by atoms with Crippen molar-refractivity contribution >= 4 is 15.5 Å². The fourth-order valence-electron chi connectivity index (χ4n) is 2.00. The van der Waals surface area contributed by atoms with Crippen LogP contribution in [0.1, 0.15) is 5.56 Å². The minimum atomic E-state index is -2.76. The highest BCUT2D eigenvalue weighted by molar-refractivity contribution is 7.91. The molecular weight excluding hydrogens is 248 g/mol. The van der Waals surface area contributed by atoms with Crippen LogP contribution in [-0.2, 0) is 9.84 Å². The summed E-state index contributed by atoms with van der Waals surface area (Å²) in [5.41, 5.74) is 2.37. The SMILES string of the molecule is Cc1ccc(NCCN2CCS(=O)(=O)CC2)cc1. The molecule has 0 bridgehead atoms. The molecule has 1 aliphatic rings. The summed E-state index contributed by atoms with van der Waals surface area (Å²) in [5, 5.41) is 3.35. The lowest BCUT2D eigenvalue weighted by Crippen LogP contribution is -2.42. The maximum atomic E-state index is 11.3. The van der Waals surface area contributed by atoms with Crippen LogP contribution in [0.25, 0.3) is 0 Å². The molecule has 1 aromatic carbocycles. The van der Waals surface area contributed by atoms with Crippen molar-refractivity contribution in [1.82, 2.24) is 4.90 Å². The average Bonchev–Trinajstić information content (AvgIpc) is 2.34. The maximum Gasteiger partial charge on any atom is 0.152 e. The van der Waals surface area contributed by atoms with Crippen LogP contribution >= 0.6 is 0 Å². The molecule has 1 aliphatic heterocycles. The van der Waals surface area contributed by atoms with Crippen molar-refractivity contribution in [3.05, 3.63) is 29.8 Å². The van der Waals surface area contributed by atoms with Crippen molar-refractivity contribution in [2.24, 2.45) is 0 Å². The van der Waals surface area contributed by atoms with Gasteiger partial charge in [-0.15, -0.1) is 0 Å². The Morgan fingerprint density at radius 2 is 1.78 bits per heavy atom. The van der Waals surface area contributed by atoms with E-state index in [4.69, 9.17) is 0 Å². The van der Waals surface area contributed by atoms with E-state index in [0.29, 0.717) is 24.6 Å². The summed E-state index contributed by atoms with van der Waals surface area (Å²) in [4.78, 5) is 2.20. The number of anilines is 1. The summed E-state index contributed by atoms with van der Waals surface area (Å²) in [6.45, 7) is 5.14. The summed E-state index contributed by atoms with van der Waals surface area (Å²) >= 11 is 0. The molecule has 0 atom stereocenters. The molecule has 4 nitrogen and oxygen atoms in total. The number of hydrogen-bond donors (Lipinski definition) is 1. The Morgan fingerprint density at radius 3 is 2.39 bits per heavy atom. The number of rotatable bonds is 4. The van der Waals surface area contributed by atoms with Gasteiger partial charge in [-0.05, 0) is 19.1 Å². The van der Waals surface area contributed by atoms with Crippen molar-refractivity contribution in [2.75, 3.05) is 43.0 Å². The third-order valence-electron chi connectivity index (χ3n) is 3.25. The molecule has 1 heterocycles. The molecule has 0 amide bonds. The largest absolute Gasteiger partial charge is 0.384 e. The van der Waals surface area contributed by atoms with Gasteiger partial charge in [0.05, 0.1) is 11.5 Å². The first kappa shape index (κ1) is 13.4. The third-order valence-corrected chi connectivity index (χ3v) is 4.85. The molecule has 0 unspecified atom stereocenters. The number of nitrogens with one attached hydrogen (secondary N) is 1. The number of aryl methyl sites for hydroxylation is 1. The van der Waals surface area contributed by atoms with E-state index in [-0.39, 0.29) is 0 Å². The molecule has 1 fully saturated rings. The smallest absolute Gasteiger partial charge is 0.152 e. The van der Waals surface area contributed by atoms with E-state index in [0.717, 1.165) is 18.8 Å². The van der Waals surface area contributed by atoms with Crippen LogP contribution < -0.4 is 5.32 Å². The van der Waals surface area contributed by atoms with Gasteiger partial charge in [0, 0.05) is 31.9 Å². The second-order valence-electron chi connectivity index (χ2n) is 4.79. The van der Waals surface area contributed by atoms with Crippen LogP contribution in [0.15, 0.2) is 24.3 Å². The second-order valence-corrected chi connectivity index (χ2v) is 7.09. The van der Waals surface area contributed by atoms with Gasteiger partial charge >= 0.3 is 0 Å². The minimum absolute atomic E-state index is 0.303. The minimum Gasteiger partial charge on any atom is -0.384 e. The number of nitrogens with zero attached hydrogens (tertiary/aromatic N) is 1. The van der Waals surface area contributed by atoms with E-state index in [2.05, 4.69) is 41.4 Å². The normalized spacial score (nSPS) is 19.6. The van der Waals surface area contributed by atoms with Gasteiger partial charge in [0.25, 0.3) is 0 Å². The molecule has 0 radical (unpaired) electrons. The average molecular weight is 268 g/mol. The zero-order valence-electron chi connectivity index (χ0n) is 10.7. The topological polar surface area (TPSA) is 49.4 Å². The van der Waals surface area contributed by atoms with E-state index in [1.165, 1.54) is 5.56 Å². The van der Waals surface area contributed by atoms with Crippen molar-refractivity contribution in [2.45, 2.75) is 6.92 Å². The van der Waals surface area contributed by atoms with E-state index in [1.54, 1.807) is 0 Å². The summed E-state index contributed by atoms with van der Waals surface area (Å²) in [6.07, 6.45) is 0. The molecule has 1 aromatic rings. The van der Waals surface area contributed by atoms with Gasteiger partial charge in [0.15, 0.2) is 9.84 Å². The highest BCUT2D eigenvalue weighted by Crippen LogP contribution is 2.08. The monoisotopic (exact) mass is 268 g/mol.